The second-order valence-electron chi connectivity index (χ2n) is 5.01. The second-order valence-corrected chi connectivity index (χ2v) is 5.01. The first-order valence-corrected chi connectivity index (χ1v) is 6.69. The Morgan fingerprint density at radius 1 is 1.16 bits per heavy atom. The van der Waals surface area contributed by atoms with Gasteiger partial charge in [0.1, 0.15) is 0 Å². The zero-order valence-corrected chi connectivity index (χ0v) is 14.9. The molecule has 0 spiro atoms. The molecule has 1 aliphatic heterocycles. The van der Waals surface area contributed by atoms with Crippen molar-refractivity contribution in [3.63, 3.8) is 0 Å². The summed E-state index contributed by atoms with van der Waals surface area (Å²) in [4.78, 5) is 8.62. The van der Waals surface area contributed by atoms with E-state index in [-0.39, 0.29) is 24.0 Å². The highest BCUT2D eigenvalue weighted by molar-refractivity contribution is 14.0. The minimum atomic E-state index is 0. The van der Waals surface area contributed by atoms with Crippen LogP contribution in [0.15, 0.2) is 4.99 Å². The van der Waals surface area contributed by atoms with Crippen LogP contribution in [0.2, 0.25) is 0 Å². The van der Waals surface area contributed by atoms with Gasteiger partial charge in [-0.2, -0.15) is 0 Å². The molecular formula is C13H28IN3O2. The lowest BCUT2D eigenvalue weighted by Crippen LogP contribution is -2.35. The van der Waals surface area contributed by atoms with Gasteiger partial charge >= 0.3 is 0 Å². The average molecular weight is 385 g/mol. The fraction of sp³-hybridized carbons (Fsp3) is 0.923. The Bertz CT molecular complexity index is 244. The summed E-state index contributed by atoms with van der Waals surface area (Å²) in [6.45, 7) is 3.29. The van der Waals surface area contributed by atoms with Gasteiger partial charge in [-0.1, -0.05) is 0 Å². The molecule has 6 heteroatoms. The van der Waals surface area contributed by atoms with E-state index in [0.717, 1.165) is 51.6 Å². The van der Waals surface area contributed by atoms with Crippen molar-refractivity contribution in [1.29, 1.82) is 0 Å². The van der Waals surface area contributed by atoms with Crippen LogP contribution in [0.5, 0.6) is 0 Å². The maximum absolute atomic E-state index is 5.81. The van der Waals surface area contributed by atoms with Crippen LogP contribution < -0.4 is 0 Å². The highest BCUT2D eigenvalue weighted by atomic mass is 127. The van der Waals surface area contributed by atoms with E-state index in [0.29, 0.717) is 6.10 Å². The number of rotatable bonds is 5. The van der Waals surface area contributed by atoms with E-state index in [1.165, 1.54) is 0 Å². The molecule has 0 N–H and O–H groups in total. The molecule has 1 saturated heterocycles. The van der Waals surface area contributed by atoms with Gasteiger partial charge in [-0.3, -0.25) is 4.99 Å². The minimum Gasteiger partial charge on any atom is -0.381 e. The molecule has 0 aromatic rings. The van der Waals surface area contributed by atoms with Gasteiger partial charge in [0.15, 0.2) is 5.96 Å². The van der Waals surface area contributed by atoms with Crippen molar-refractivity contribution < 1.29 is 9.47 Å². The molecule has 1 fully saturated rings. The van der Waals surface area contributed by atoms with E-state index in [4.69, 9.17) is 9.47 Å². The third kappa shape index (κ3) is 7.94. The van der Waals surface area contributed by atoms with Crippen LogP contribution in [0.25, 0.3) is 0 Å². The molecule has 0 amide bonds. The predicted octanol–water partition coefficient (Wildman–Crippen LogP) is 1.67. The largest absolute Gasteiger partial charge is 0.381 e. The Balaban J connectivity index is 0.00000324. The van der Waals surface area contributed by atoms with Crippen molar-refractivity contribution in [1.82, 2.24) is 9.80 Å². The smallest absolute Gasteiger partial charge is 0.195 e. The molecule has 1 heterocycles. The lowest BCUT2D eigenvalue weighted by molar-refractivity contribution is -0.0318. The predicted molar refractivity (Wildman–Crippen MR) is 89.5 cm³/mol. The van der Waals surface area contributed by atoms with Crippen LogP contribution in [-0.2, 0) is 9.47 Å². The van der Waals surface area contributed by atoms with E-state index in [1.807, 2.05) is 38.0 Å². The number of halogens is 1. The minimum absolute atomic E-state index is 0. The second kappa shape index (κ2) is 10.7. The van der Waals surface area contributed by atoms with Crippen LogP contribution in [0.4, 0.5) is 0 Å². The van der Waals surface area contributed by atoms with E-state index in [9.17, 15) is 0 Å². The summed E-state index contributed by atoms with van der Waals surface area (Å²) in [6.07, 6.45) is 3.43. The van der Waals surface area contributed by atoms with Gasteiger partial charge < -0.3 is 19.3 Å². The molecule has 0 radical (unpaired) electrons. The van der Waals surface area contributed by atoms with E-state index >= 15 is 0 Å². The maximum atomic E-state index is 5.81. The normalized spacial score (nSPS) is 15.6. The molecule has 0 bridgehead atoms. The summed E-state index contributed by atoms with van der Waals surface area (Å²) in [7, 11) is 8.05. The SMILES string of the molecule is CN(C)C(=NCCCOC1CCOCC1)N(C)C.I. The van der Waals surface area contributed by atoms with Gasteiger partial charge in [0, 0.05) is 54.6 Å². The van der Waals surface area contributed by atoms with E-state index < -0.39 is 0 Å². The zero-order chi connectivity index (χ0) is 13.4. The Morgan fingerprint density at radius 3 is 2.26 bits per heavy atom. The fourth-order valence-corrected chi connectivity index (χ4v) is 2.02. The first-order valence-electron chi connectivity index (χ1n) is 6.69. The lowest BCUT2D eigenvalue weighted by atomic mass is 10.1. The Morgan fingerprint density at radius 2 is 1.74 bits per heavy atom. The average Bonchev–Trinajstić information content (AvgIpc) is 2.34. The van der Waals surface area contributed by atoms with Gasteiger partial charge in [-0.05, 0) is 19.3 Å². The number of aliphatic imine (C=N–C) groups is 1. The first kappa shape index (κ1) is 18.9. The standard InChI is InChI=1S/C13H27N3O2.HI/c1-15(2)13(16(3)4)14-8-5-9-18-12-6-10-17-11-7-12;/h12H,5-11H2,1-4H3;1H. The molecular weight excluding hydrogens is 357 g/mol. The molecule has 0 aliphatic carbocycles. The van der Waals surface area contributed by atoms with Crippen molar-refractivity contribution >= 4 is 29.9 Å². The monoisotopic (exact) mass is 385 g/mol. The van der Waals surface area contributed by atoms with Crippen LogP contribution in [0, 0.1) is 0 Å². The third-order valence-electron chi connectivity index (χ3n) is 2.88. The topological polar surface area (TPSA) is 37.3 Å². The zero-order valence-electron chi connectivity index (χ0n) is 12.6. The maximum Gasteiger partial charge on any atom is 0.195 e. The van der Waals surface area contributed by atoms with Crippen LogP contribution in [0.3, 0.4) is 0 Å². The highest BCUT2D eigenvalue weighted by Gasteiger charge is 2.13. The molecule has 1 aliphatic rings. The Kier molecular flexibility index (Phi) is 10.6. The van der Waals surface area contributed by atoms with E-state index in [2.05, 4.69) is 4.99 Å². The summed E-state index contributed by atoms with van der Waals surface area (Å²) in [6, 6.07) is 0. The van der Waals surface area contributed by atoms with Crippen molar-refractivity contribution in [3.8, 4) is 0 Å². The van der Waals surface area contributed by atoms with Gasteiger partial charge in [0.25, 0.3) is 0 Å². The third-order valence-corrected chi connectivity index (χ3v) is 2.88. The lowest BCUT2D eigenvalue weighted by Gasteiger charge is -2.23. The Labute approximate surface area is 134 Å². The number of hydrogen-bond acceptors (Lipinski definition) is 3. The van der Waals surface area contributed by atoms with Gasteiger partial charge in [-0.25, -0.2) is 0 Å². The number of ether oxygens (including phenoxy) is 2. The summed E-state index contributed by atoms with van der Waals surface area (Å²) in [5, 5.41) is 0. The van der Waals surface area contributed by atoms with Crippen LogP contribution >= 0.6 is 24.0 Å². The summed E-state index contributed by atoms with van der Waals surface area (Å²) in [5.41, 5.74) is 0. The van der Waals surface area contributed by atoms with Crippen LogP contribution in [0.1, 0.15) is 19.3 Å². The summed E-state index contributed by atoms with van der Waals surface area (Å²) < 4.78 is 11.1. The van der Waals surface area contributed by atoms with Crippen LogP contribution in [-0.4, -0.2) is 76.4 Å². The molecule has 0 unspecified atom stereocenters. The quantitative estimate of drug-likeness (QED) is 0.312. The molecule has 0 aromatic heterocycles. The molecule has 0 aromatic carbocycles. The van der Waals surface area contributed by atoms with Gasteiger partial charge in [-0.15, -0.1) is 24.0 Å². The highest BCUT2D eigenvalue weighted by Crippen LogP contribution is 2.10. The summed E-state index contributed by atoms with van der Waals surface area (Å²) >= 11 is 0. The molecule has 0 saturated carbocycles. The van der Waals surface area contributed by atoms with Crippen molar-refractivity contribution in [2.45, 2.75) is 25.4 Å². The fourth-order valence-electron chi connectivity index (χ4n) is 2.02. The van der Waals surface area contributed by atoms with Crippen molar-refractivity contribution in [3.05, 3.63) is 0 Å². The first-order chi connectivity index (χ1) is 8.61. The van der Waals surface area contributed by atoms with Gasteiger partial charge in [0.05, 0.1) is 6.10 Å². The van der Waals surface area contributed by atoms with Crippen molar-refractivity contribution in [2.24, 2.45) is 4.99 Å². The van der Waals surface area contributed by atoms with E-state index in [1.54, 1.807) is 0 Å². The summed E-state index contributed by atoms with van der Waals surface area (Å²) in [5.74, 6) is 1.00. The number of nitrogens with zero attached hydrogens (tertiary/aromatic N) is 3. The number of hydrogen-bond donors (Lipinski definition) is 0. The van der Waals surface area contributed by atoms with Crippen molar-refractivity contribution in [2.75, 3.05) is 54.6 Å². The molecule has 114 valence electrons. The Hall–Kier alpha value is -0.0800. The van der Waals surface area contributed by atoms with Gasteiger partial charge in [0.2, 0.25) is 0 Å². The molecule has 1 rings (SSSR count). The number of guanidine groups is 1. The molecule has 0 atom stereocenters. The molecule has 5 nitrogen and oxygen atoms in total. The molecule has 19 heavy (non-hydrogen) atoms.